The topological polar surface area (TPSA) is 17.1 Å². The molecule has 0 fully saturated rings. The van der Waals surface area contributed by atoms with Crippen LogP contribution in [0.4, 0.5) is 0 Å². The zero-order valence-electron chi connectivity index (χ0n) is 7.71. The Morgan fingerprint density at radius 3 is 2.33 bits per heavy atom. The molecule has 1 aromatic carbocycles. The molecule has 0 aliphatic rings. The molecule has 0 atom stereocenters. The second kappa shape index (κ2) is 6.41. The quantitative estimate of drug-likeness (QED) is 0.634. The Morgan fingerprint density at radius 1 is 1.25 bits per heavy atom. The van der Waals surface area contributed by atoms with Gasteiger partial charge < -0.3 is 4.79 Å². The zero-order valence-corrected chi connectivity index (χ0v) is 9.71. The van der Waals surface area contributed by atoms with Gasteiger partial charge in [-0.1, -0.05) is 30.3 Å². The van der Waals surface area contributed by atoms with Gasteiger partial charge in [-0.25, -0.2) is 0 Å². The molecule has 0 unspecified atom stereocenters. The maximum atomic E-state index is 10.6. The van der Waals surface area contributed by atoms with Crippen LogP contribution in [0.2, 0.25) is 0 Å². The second-order valence-electron chi connectivity index (χ2n) is 2.69. The number of hydrogen-bond acceptors (Lipinski definition) is 1. The van der Waals surface area contributed by atoms with Crippen LogP contribution in [0.5, 0.6) is 0 Å². The summed E-state index contributed by atoms with van der Waals surface area (Å²) in [6, 6.07) is 10.1. The summed E-state index contributed by atoms with van der Waals surface area (Å²) in [6.07, 6.45) is 1.53. The standard InChI is InChI=1S/C10H12O.Na/c1-9(11)7-8-10-5-3-2-4-6-10;/h2-6H,7-8H2,1H3;. The van der Waals surface area contributed by atoms with Crippen LogP contribution in [-0.4, -0.2) is 35.3 Å². The molecule has 1 rings (SSSR count). The molecule has 1 radical (unpaired) electrons. The summed E-state index contributed by atoms with van der Waals surface area (Å²) in [7, 11) is 0. The predicted molar refractivity (Wildman–Crippen MR) is 51.2 cm³/mol. The van der Waals surface area contributed by atoms with E-state index in [1.807, 2.05) is 30.3 Å². The molecule has 0 spiro atoms. The average molecular weight is 171 g/mol. The van der Waals surface area contributed by atoms with Crippen LogP contribution >= 0.6 is 0 Å². The van der Waals surface area contributed by atoms with Crippen molar-refractivity contribution >= 4 is 35.3 Å². The first-order valence-corrected chi connectivity index (χ1v) is 3.82. The summed E-state index contributed by atoms with van der Waals surface area (Å²) in [5, 5.41) is 0. The number of carbonyl (C=O) groups is 1. The third-order valence-corrected chi connectivity index (χ3v) is 1.61. The van der Waals surface area contributed by atoms with Gasteiger partial charge in [0.2, 0.25) is 0 Å². The molecule has 1 nitrogen and oxygen atoms in total. The van der Waals surface area contributed by atoms with E-state index in [4.69, 9.17) is 0 Å². The SMILES string of the molecule is CC(=O)CCc1ccccc1.[Na]. The van der Waals surface area contributed by atoms with Crippen molar-refractivity contribution in [3.8, 4) is 0 Å². The van der Waals surface area contributed by atoms with Crippen molar-refractivity contribution in [1.82, 2.24) is 0 Å². The molecule has 0 heterocycles. The summed E-state index contributed by atoms with van der Waals surface area (Å²) in [6.45, 7) is 1.63. The van der Waals surface area contributed by atoms with Gasteiger partial charge in [-0.15, -0.1) is 0 Å². The van der Waals surface area contributed by atoms with E-state index in [1.54, 1.807) is 6.92 Å². The van der Waals surface area contributed by atoms with Crippen LogP contribution < -0.4 is 0 Å². The van der Waals surface area contributed by atoms with Crippen LogP contribution in [0.25, 0.3) is 0 Å². The van der Waals surface area contributed by atoms with E-state index in [-0.39, 0.29) is 35.3 Å². The normalized spacial score (nSPS) is 8.75. The van der Waals surface area contributed by atoms with E-state index in [2.05, 4.69) is 0 Å². The summed E-state index contributed by atoms with van der Waals surface area (Å²) in [5.74, 6) is 0.258. The minimum absolute atomic E-state index is 0. The largest absolute Gasteiger partial charge is 0.300 e. The van der Waals surface area contributed by atoms with Gasteiger partial charge in [-0.2, -0.15) is 0 Å². The fourth-order valence-corrected chi connectivity index (χ4v) is 0.965. The van der Waals surface area contributed by atoms with E-state index < -0.39 is 0 Å². The molecule has 0 bridgehead atoms. The number of benzene rings is 1. The van der Waals surface area contributed by atoms with Crippen molar-refractivity contribution in [2.24, 2.45) is 0 Å². The smallest absolute Gasteiger partial charge is 0.130 e. The molecular formula is C10H12NaO. The summed E-state index contributed by atoms with van der Waals surface area (Å²) >= 11 is 0. The molecule has 1 aromatic rings. The van der Waals surface area contributed by atoms with E-state index in [1.165, 1.54) is 5.56 Å². The van der Waals surface area contributed by atoms with Gasteiger partial charge in [-0.3, -0.25) is 0 Å². The maximum Gasteiger partial charge on any atom is 0.130 e. The number of carbonyl (C=O) groups excluding carboxylic acids is 1. The molecule has 0 N–H and O–H groups in total. The Morgan fingerprint density at radius 2 is 1.83 bits per heavy atom. The van der Waals surface area contributed by atoms with Crippen LogP contribution in [0.15, 0.2) is 30.3 Å². The Hall–Kier alpha value is -0.110. The molecule has 59 valence electrons. The van der Waals surface area contributed by atoms with Crippen LogP contribution in [-0.2, 0) is 11.2 Å². The fourth-order valence-electron chi connectivity index (χ4n) is 0.965. The minimum atomic E-state index is 0. The minimum Gasteiger partial charge on any atom is -0.300 e. The number of aryl methyl sites for hydroxylation is 1. The predicted octanol–water partition coefficient (Wildman–Crippen LogP) is 1.83. The molecule has 2 heteroatoms. The van der Waals surface area contributed by atoms with Crippen LogP contribution in [0.1, 0.15) is 18.9 Å². The average Bonchev–Trinajstić information content (AvgIpc) is 2.03. The van der Waals surface area contributed by atoms with Crippen molar-refractivity contribution in [1.29, 1.82) is 0 Å². The van der Waals surface area contributed by atoms with Crippen LogP contribution in [0, 0.1) is 0 Å². The van der Waals surface area contributed by atoms with Gasteiger partial charge in [0.05, 0.1) is 0 Å². The third-order valence-electron chi connectivity index (χ3n) is 1.61. The van der Waals surface area contributed by atoms with E-state index in [9.17, 15) is 4.79 Å². The van der Waals surface area contributed by atoms with E-state index in [0.29, 0.717) is 6.42 Å². The number of rotatable bonds is 3. The zero-order chi connectivity index (χ0) is 8.10. The number of Topliss-reactive ketones (excluding diaryl/α,β-unsaturated/α-hetero) is 1. The number of ketones is 1. The van der Waals surface area contributed by atoms with Crippen molar-refractivity contribution in [3.05, 3.63) is 35.9 Å². The third kappa shape index (κ3) is 4.70. The molecule has 0 aliphatic heterocycles. The summed E-state index contributed by atoms with van der Waals surface area (Å²) in [5.41, 5.74) is 1.24. The Labute approximate surface area is 95.5 Å². The summed E-state index contributed by atoms with van der Waals surface area (Å²) in [4.78, 5) is 10.6. The summed E-state index contributed by atoms with van der Waals surface area (Å²) < 4.78 is 0. The fraction of sp³-hybridized carbons (Fsp3) is 0.300. The Bertz CT molecular complexity index is 231. The molecule has 0 amide bonds. The monoisotopic (exact) mass is 171 g/mol. The van der Waals surface area contributed by atoms with Gasteiger partial charge in [0.25, 0.3) is 0 Å². The Balaban J connectivity index is 0.00000121. The molecular weight excluding hydrogens is 159 g/mol. The van der Waals surface area contributed by atoms with E-state index >= 15 is 0 Å². The van der Waals surface area contributed by atoms with Crippen molar-refractivity contribution in [3.63, 3.8) is 0 Å². The molecule has 0 saturated carbocycles. The second-order valence-corrected chi connectivity index (χ2v) is 2.69. The van der Waals surface area contributed by atoms with Gasteiger partial charge in [0.15, 0.2) is 0 Å². The van der Waals surface area contributed by atoms with Crippen molar-refractivity contribution < 1.29 is 4.79 Å². The number of hydrogen-bond donors (Lipinski definition) is 0. The van der Waals surface area contributed by atoms with Gasteiger partial charge >= 0.3 is 0 Å². The van der Waals surface area contributed by atoms with Crippen LogP contribution in [0.3, 0.4) is 0 Å². The first-order valence-electron chi connectivity index (χ1n) is 3.82. The Kier molecular flexibility index (Phi) is 6.35. The molecule has 0 saturated heterocycles. The van der Waals surface area contributed by atoms with Crippen molar-refractivity contribution in [2.75, 3.05) is 0 Å². The first-order chi connectivity index (χ1) is 5.29. The molecule has 12 heavy (non-hydrogen) atoms. The maximum absolute atomic E-state index is 10.6. The van der Waals surface area contributed by atoms with Gasteiger partial charge in [0, 0.05) is 36.0 Å². The van der Waals surface area contributed by atoms with E-state index in [0.717, 1.165) is 6.42 Å². The van der Waals surface area contributed by atoms with Gasteiger partial charge in [0.1, 0.15) is 5.78 Å². The van der Waals surface area contributed by atoms with Gasteiger partial charge in [-0.05, 0) is 18.9 Å². The molecule has 0 aromatic heterocycles. The first kappa shape index (κ1) is 11.9. The molecule has 0 aliphatic carbocycles. The van der Waals surface area contributed by atoms with Crippen molar-refractivity contribution in [2.45, 2.75) is 19.8 Å².